The number of benzene rings is 1. The number of halogens is 1. The number of esters is 1. The summed E-state index contributed by atoms with van der Waals surface area (Å²) in [7, 11) is 2.92. The van der Waals surface area contributed by atoms with Crippen molar-refractivity contribution in [2.24, 2.45) is 0 Å². The Kier molecular flexibility index (Phi) is 5.42. The molecular formula is C16H20ClNO4. The van der Waals surface area contributed by atoms with E-state index >= 15 is 0 Å². The number of piperidine rings is 1. The van der Waals surface area contributed by atoms with Crippen LogP contribution in [0, 0.1) is 6.92 Å². The maximum Gasteiger partial charge on any atom is 0.328 e. The molecule has 0 radical (unpaired) electrons. The van der Waals surface area contributed by atoms with Crippen LogP contribution in [-0.2, 0) is 14.3 Å². The monoisotopic (exact) mass is 325 g/mol. The first kappa shape index (κ1) is 16.8. The molecule has 1 saturated heterocycles. The Morgan fingerprint density at radius 3 is 2.64 bits per heavy atom. The van der Waals surface area contributed by atoms with Gasteiger partial charge in [0.05, 0.1) is 23.8 Å². The predicted molar refractivity (Wildman–Crippen MR) is 83.1 cm³/mol. The molecule has 1 aromatic rings. The second-order valence-electron chi connectivity index (χ2n) is 5.40. The minimum Gasteiger partial charge on any atom is -0.467 e. The number of hydrogen-bond donors (Lipinski definition) is 0. The van der Waals surface area contributed by atoms with Crippen LogP contribution in [-0.4, -0.2) is 49.7 Å². The molecule has 0 spiro atoms. The van der Waals surface area contributed by atoms with Crippen molar-refractivity contribution in [1.82, 2.24) is 4.90 Å². The average molecular weight is 326 g/mol. The zero-order chi connectivity index (χ0) is 16.3. The standard InChI is InChI=1S/C16H20ClNO4/c1-10-4-5-12(13(17)8-10)15(19)18-7-6-11(21-2)9-14(18)16(20)22-3/h4-5,8,11,14H,6-7,9H2,1-3H3. The van der Waals surface area contributed by atoms with Gasteiger partial charge < -0.3 is 14.4 Å². The van der Waals surface area contributed by atoms with Crippen LogP contribution in [0.25, 0.3) is 0 Å². The van der Waals surface area contributed by atoms with Crippen molar-refractivity contribution in [2.45, 2.75) is 31.9 Å². The highest BCUT2D eigenvalue weighted by atomic mass is 35.5. The van der Waals surface area contributed by atoms with Crippen LogP contribution in [0.4, 0.5) is 0 Å². The van der Waals surface area contributed by atoms with Crippen LogP contribution < -0.4 is 0 Å². The first-order valence-corrected chi connectivity index (χ1v) is 7.53. The molecule has 2 atom stereocenters. The molecule has 120 valence electrons. The maximum atomic E-state index is 12.8. The Labute approximate surface area is 135 Å². The zero-order valence-electron chi connectivity index (χ0n) is 13.0. The van der Waals surface area contributed by atoms with Crippen molar-refractivity contribution in [3.05, 3.63) is 34.3 Å². The molecule has 1 aromatic carbocycles. The Bertz CT molecular complexity index is 575. The largest absolute Gasteiger partial charge is 0.467 e. The topological polar surface area (TPSA) is 55.8 Å². The number of carbonyl (C=O) groups excluding carboxylic acids is 2. The summed E-state index contributed by atoms with van der Waals surface area (Å²) in [6, 6.07) is 4.61. The van der Waals surface area contributed by atoms with Gasteiger partial charge in [-0.15, -0.1) is 0 Å². The lowest BCUT2D eigenvalue weighted by atomic mass is 9.98. The molecule has 1 amide bonds. The van der Waals surface area contributed by atoms with Crippen LogP contribution in [0.3, 0.4) is 0 Å². The molecule has 1 heterocycles. The van der Waals surface area contributed by atoms with Crippen LogP contribution in [0.5, 0.6) is 0 Å². The van der Waals surface area contributed by atoms with E-state index in [0.29, 0.717) is 30.0 Å². The molecule has 6 heteroatoms. The van der Waals surface area contributed by atoms with Crippen molar-refractivity contribution < 1.29 is 19.1 Å². The first-order chi connectivity index (χ1) is 10.5. The van der Waals surface area contributed by atoms with Crippen LogP contribution >= 0.6 is 11.6 Å². The number of hydrogen-bond acceptors (Lipinski definition) is 4. The Morgan fingerprint density at radius 2 is 2.05 bits per heavy atom. The van der Waals surface area contributed by atoms with Gasteiger partial charge in [0.1, 0.15) is 6.04 Å². The number of likely N-dealkylation sites (tertiary alicyclic amines) is 1. The first-order valence-electron chi connectivity index (χ1n) is 7.15. The minimum atomic E-state index is -0.645. The summed E-state index contributed by atoms with van der Waals surface area (Å²) in [5, 5.41) is 0.391. The van der Waals surface area contributed by atoms with Crippen molar-refractivity contribution in [2.75, 3.05) is 20.8 Å². The molecular weight excluding hydrogens is 306 g/mol. The van der Waals surface area contributed by atoms with E-state index < -0.39 is 12.0 Å². The van der Waals surface area contributed by atoms with Crippen LogP contribution in [0.2, 0.25) is 5.02 Å². The van der Waals surface area contributed by atoms with Gasteiger partial charge in [-0.2, -0.15) is 0 Å². The second-order valence-corrected chi connectivity index (χ2v) is 5.81. The van der Waals surface area contributed by atoms with Gasteiger partial charge in [-0.25, -0.2) is 4.79 Å². The maximum absolute atomic E-state index is 12.8. The second kappa shape index (κ2) is 7.11. The number of nitrogens with zero attached hydrogens (tertiary/aromatic N) is 1. The number of ether oxygens (including phenoxy) is 2. The quantitative estimate of drug-likeness (QED) is 0.801. The summed E-state index contributed by atoms with van der Waals surface area (Å²) >= 11 is 6.17. The van der Waals surface area contributed by atoms with Gasteiger partial charge in [0, 0.05) is 20.1 Å². The number of rotatable bonds is 3. The summed E-state index contributed by atoms with van der Waals surface area (Å²) < 4.78 is 10.1. The molecule has 1 fully saturated rings. The molecule has 0 aliphatic carbocycles. The smallest absolute Gasteiger partial charge is 0.328 e. The van der Waals surface area contributed by atoms with Gasteiger partial charge in [-0.05, 0) is 31.0 Å². The van der Waals surface area contributed by atoms with E-state index in [1.54, 1.807) is 19.2 Å². The Morgan fingerprint density at radius 1 is 1.32 bits per heavy atom. The molecule has 2 rings (SSSR count). The lowest BCUT2D eigenvalue weighted by Crippen LogP contribution is -2.52. The minimum absolute atomic E-state index is 0.0540. The Balaban J connectivity index is 2.27. The van der Waals surface area contributed by atoms with Crippen molar-refractivity contribution in [1.29, 1.82) is 0 Å². The van der Waals surface area contributed by atoms with Gasteiger partial charge in [-0.3, -0.25) is 4.79 Å². The van der Waals surface area contributed by atoms with E-state index in [0.717, 1.165) is 5.56 Å². The van der Waals surface area contributed by atoms with Gasteiger partial charge in [0.2, 0.25) is 0 Å². The lowest BCUT2D eigenvalue weighted by molar-refractivity contribution is -0.149. The highest BCUT2D eigenvalue weighted by Gasteiger charge is 2.37. The lowest BCUT2D eigenvalue weighted by Gasteiger charge is -2.37. The normalized spacial score (nSPS) is 21.5. The number of methoxy groups -OCH3 is 2. The predicted octanol–water partition coefficient (Wildman–Crippen LogP) is 2.44. The fourth-order valence-corrected chi connectivity index (χ4v) is 3.01. The molecule has 0 aromatic heterocycles. The van der Waals surface area contributed by atoms with Gasteiger partial charge >= 0.3 is 5.97 Å². The molecule has 5 nitrogen and oxygen atoms in total. The van der Waals surface area contributed by atoms with Gasteiger partial charge in [0.15, 0.2) is 0 Å². The average Bonchev–Trinajstić information content (AvgIpc) is 2.53. The highest BCUT2D eigenvalue weighted by molar-refractivity contribution is 6.34. The van der Waals surface area contributed by atoms with E-state index in [1.807, 2.05) is 13.0 Å². The zero-order valence-corrected chi connectivity index (χ0v) is 13.7. The molecule has 1 aliphatic rings. The third-order valence-electron chi connectivity index (χ3n) is 3.98. The molecule has 0 N–H and O–H groups in total. The van der Waals surface area contributed by atoms with Crippen LogP contribution in [0.1, 0.15) is 28.8 Å². The summed E-state index contributed by atoms with van der Waals surface area (Å²) in [6.45, 7) is 2.34. The number of carbonyl (C=O) groups is 2. The molecule has 2 unspecified atom stereocenters. The number of aryl methyl sites for hydroxylation is 1. The molecule has 1 aliphatic heterocycles. The van der Waals surface area contributed by atoms with E-state index in [9.17, 15) is 9.59 Å². The van der Waals surface area contributed by atoms with E-state index in [4.69, 9.17) is 21.1 Å². The van der Waals surface area contributed by atoms with Gasteiger partial charge in [0.25, 0.3) is 5.91 Å². The van der Waals surface area contributed by atoms with Crippen molar-refractivity contribution in [3.63, 3.8) is 0 Å². The summed E-state index contributed by atoms with van der Waals surface area (Å²) in [4.78, 5) is 26.3. The van der Waals surface area contributed by atoms with Crippen molar-refractivity contribution >= 4 is 23.5 Å². The number of amides is 1. The van der Waals surface area contributed by atoms with E-state index in [2.05, 4.69) is 0 Å². The summed E-state index contributed by atoms with van der Waals surface area (Å²) in [5.41, 5.74) is 1.38. The third-order valence-corrected chi connectivity index (χ3v) is 4.29. The third kappa shape index (κ3) is 3.42. The van der Waals surface area contributed by atoms with Crippen molar-refractivity contribution in [3.8, 4) is 0 Å². The SMILES string of the molecule is COC(=O)C1CC(OC)CCN1C(=O)c1ccc(C)cc1Cl. The van der Waals surface area contributed by atoms with E-state index in [1.165, 1.54) is 12.0 Å². The summed E-state index contributed by atoms with van der Waals surface area (Å²) in [5.74, 6) is -0.687. The highest BCUT2D eigenvalue weighted by Crippen LogP contribution is 2.26. The molecule has 0 saturated carbocycles. The van der Waals surface area contributed by atoms with Crippen LogP contribution in [0.15, 0.2) is 18.2 Å². The molecule has 0 bridgehead atoms. The molecule has 22 heavy (non-hydrogen) atoms. The van der Waals surface area contributed by atoms with Gasteiger partial charge in [-0.1, -0.05) is 17.7 Å². The van der Waals surface area contributed by atoms with E-state index in [-0.39, 0.29) is 12.0 Å². The Hall–Kier alpha value is -1.59. The summed E-state index contributed by atoms with van der Waals surface area (Å²) in [6.07, 6.45) is 1.05. The fourth-order valence-electron chi connectivity index (χ4n) is 2.70. The fraction of sp³-hybridized carbons (Fsp3) is 0.500.